The summed E-state index contributed by atoms with van der Waals surface area (Å²) >= 11 is 3.47. The Labute approximate surface area is 223 Å². The Morgan fingerprint density at radius 2 is 1.76 bits per heavy atom. The summed E-state index contributed by atoms with van der Waals surface area (Å²) in [5, 5.41) is 0.280. The van der Waals surface area contributed by atoms with E-state index in [2.05, 4.69) is 25.9 Å². The minimum Gasteiger partial charge on any atom is -0.497 e. The van der Waals surface area contributed by atoms with Crippen molar-refractivity contribution < 1.29 is 27.4 Å². The van der Waals surface area contributed by atoms with Gasteiger partial charge in [-0.25, -0.2) is 18.2 Å². The number of carbonyl (C=O) groups is 1. The summed E-state index contributed by atoms with van der Waals surface area (Å²) in [6, 6.07) is 14.2. The van der Waals surface area contributed by atoms with Crippen LogP contribution in [0.4, 0.5) is 4.79 Å². The number of nitrogens with zero attached hydrogens (tertiary/aromatic N) is 3. The van der Waals surface area contributed by atoms with Crippen molar-refractivity contribution in [2.45, 2.75) is 38.1 Å². The van der Waals surface area contributed by atoms with Crippen LogP contribution in [0.3, 0.4) is 0 Å². The van der Waals surface area contributed by atoms with E-state index in [1.165, 1.54) is 4.57 Å². The summed E-state index contributed by atoms with van der Waals surface area (Å²) in [5.41, 5.74) is 1.51. The molecule has 0 bridgehead atoms. The van der Waals surface area contributed by atoms with Gasteiger partial charge in [0, 0.05) is 33.9 Å². The van der Waals surface area contributed by atoms with Crippen LogP contribution in [-0.4, -0.2) is 48.0 Å². The summed E-state index contributed by atoms with van der Waals surface area (Å²) in [6.07, 6.45) is 2.03. The lowest BCUT2D eigenvalue weighted by molar-refractivity contribution is 0.0544. The van der Waals surface area contributed by atoms with E-state index >= 15 is 0 Å². The van der Waals surface area contributed by atoms with E-state index in [0.717, 1.165) is 16.3 Å². The fourth-order valence-electron chi connectivity index (χ4n) is 3.53. The van der Waals surface area contributed by atoms with Gasteiger partial charge in [0.05, 0.1) is 18.3 Å². The van der Waals surface area contributed by atoms with Crippen molar-refractivity contribution in [1.82, 2.24) is 14.5 Å². The van der Waals surface area contributed by atoms with Crippen molar-refractivity contribution in [2.75, 3.05) is 13.4 Å². The van der Waals surface area contributed by atoms with Gasteiger partial charge in [-0.05, 0) is 56.7 Å². The van der Waals surface area contributed by atoms with Crippen LogP contribution in [0.15, 0.2) is 64.4 Å². The number of aromatic nitrogens is 3. The maximum atomic E-state index is 13.0. The van der Waals surface area contributed by atoms with Crippen LogP contribution in [0.25, 0.3) is 22.2 Å². The molecule has 9 nitrogen and oxygen atoms in total. The number of rotatable bonds is 6. The standard InChI is InChI=1S/C26H26BrN3O6S/c1-26(2,3)36-25(31)30-14-20(19-12-17(27)8-11-22(19)30)21-13-23(29-24(28-21)37(5,32)33)35-15-16-6-9-18(34-4)10-7-16/h6-14H,15H2,1-5H3. The Hall–Kier alpha value is -3.44. The molecule has 0 amide bonds. The monoisotopic (exact) mass is 587 g/mol. The first kappa shape index (κ1) is 26.6. The van der Waals surface area contributed by atoms with E-state index in [4.69, 9.17) is 14.2 Å². The quantitative estimate of drug-likeness (QED) is 0.267. The fourth-order valence-corrected chi connectivity index (χ4v) is 4.41. The molecule has 0 saturated heterocycles. The van der Waals surface area contributed by atoms with Crippen LogP contribution in [0.5, 0.6) is 11.6 Å². The zero-order valence-electron chi connectivity index (χ0n) is 21.0. The molecular formula is C26H26BrN3O6S. The van der Waals surface area contributed by atoms with Crippen molar-refractivity contribution in [3.8, 4) is 22.9 Å². The van der Waals surface area contributed by atoms with E-state index in [1.807, 2.05) is 18.2 Å². The second kappa shape index (κ2) is 10.1. The highest BCUT2D eigenvalue weighted by Gasteiger charge is 2.23. The van der Waals surface area contributed by atoms with Crippen molar-refractivity contribution >= 4 is 42.8 Å². The Morgan fingerprint density at radius 1 is 1.05 bits per heavy atom. The summed E-state index contributed by atoms with van der Waals surface area (Å²) in [4.78, 5) is 21.4. The SMILES string of the molecule is COc1ccc(COc2cc(-c3cn(C(=O)OC(C)(C)C)c4ccc(Br)cc34)nc(S(C)(=O)=O)n2)cc1. The number of carbonyl (C=O) groups excluding carboxylic acids is 1. The number of hydrogen-bond acceptors (Lipinski definition) is 8. The normalized spacial score (nSPS) is 11.9. The first-order valence-corrected chi connectivity index (χ1v) is 13.9. The van der Waals surface area contributed by atoms with E-state index in [1.54, 1.807) is 64.4 Å². The molecule has 0 saturated carbocycles. The minimum atomic E-state index is -3.77. The smallest absolute Gasteiger partial charge is 0.419 e. The largest absolute Gasteiger partial charge is 0.497 e. The first-order valence-electron chi connectivity index (χ1n) is 11.2. The maximum Gasteiger partial charge on any atom is 0.419 e. The summed E-state index contributed by atoms with van der Waals surface area (Å²) < 4.78 is 43.6. The van der Waals surface area contributed by atoms with Crippen LogP contribution in [0.2, 0.25) is 0 Å². The van der Waals surface area contributed by atoms with Crippen molar-refractivity contribution in [3.63, 3.8) is 0 Å². The predicted octanol–water partition coefficient (Wildman–Crippen LogP) is 5.64. The molecule has 0 radical (unpaired) electrons. The molecule has 0 aliphatic carbocycles. The van der Waals surface area contributed by atoms with Crippen LogP contribution in [-0.2, 0) is 21.2 Å². The molecule has 2 aromatic carbocycles. The number of sulfone groups is 1. The highest BCUT2D eigenvalue weighted by molar-refractivity contribution is 9.10. The highest BCUT2D eigenvalue weighted by Crippen LogP contribution is 2.34. The molecule has 2 heterocycles. The lowest BCUT2D eigenvalue weighted by Gasteiger charge is -2.19. The topological polar surface area (TPSA) is 110 Å². The van der Waals surface area contributed by atoms with Gasteiger partial charge in [0.2, 0.25) is 15.7 Å². The second-order valence-corrected chi connectivity index (χ2v) is 12.2. The summed E-state index contributed by atoms with van der Waals surface area (Å²) in [6.45, 7) is 5.49. The fraction of sp³-hybridized carbons (Fsp3) is 0.269. The average molecular weight is 588 g/mol. The Bertz CT molecular complexity index is 1570. The highest BCUT2D eigenvalue weighted by atomic mass is 79.9. The number of benzene rings is 2. The van der Waals surface area contributed by atoms with Crippen LogP contribution in [0.1, 0.15) is 26.3 Å². The van der Waals surface area contributed by atoms with Gasteiger partial charge in [0.25, 0.3) is 5.16 Å². The van der Waals surface area contributed by atoms with Gasteiger partial charge < -0.3 is 14.2 Å². The van der Waals surface area contributed by atoms with E-state index in [0.29, 0.717) is 22.2 Å². The molecule has 0 atom stereocenters. The summed E-state index contributed by atoms with van der Waals surface area (Å²) in [7, 11) is -2.19. The number of ether oxygens (including phenoxy) is 3. The molecule has 11 heteroatoms. The zero-order valence-corrected chi connectivity index (χ0v) is 23.4. The van der Waals surface area contributed by atoms with E-state index in [-0.39, 0.29) is 23.3 Å². The van der Waals surface area contributed by atoms with Crippen LogP contribution in [0, 0.1) is 0 Å². The number of fused-ring (bicyclic) bond motifs is 1. The minimum absolute atomic E-state index is 0.0782. The molecule has 0 aliphatic rings. The third-order valence-corrected chi connectivity index (χ3v) is 6.53. The molecule has 194 valence electrons. The molecule has 2 aromatic heterocycles. The van der Waals surface area contributed by atoms with Crippen molar-refractivity contribution in [3.05, 3.63) is 64.8 Å². The van der Waals surface area contributed by atoms with Crippen LogP contribution >= 0.6 is 15.9 Å². The predicted molar refractivity (Wildman–Crippen MR) is 143 cm³/mol. The molecule has 0 spiro atoms. The van der Waals surface area contributed by atoms with Gasteiger partial charge in [-0.3, -0.25) is 4.57 Å². The maximum absolute atomic E-state index is 13.0. The summed E-state index contributed by atoms with van der Waals surface area (Å²) in [5.74, 6) is 0.786. The van der Waals surface area contributed by atoms with Gasteiger partial charge in [0.1, 0.15) is 18.0 Å². The van der Waals surface area contributed by atoms with Crippen LogP contribution < -0.4 is 9.47 Å². The van der Waals surface area contributed by atoms with Gasteiger partial charge in [0.15, 0.2) is 0 Å². The molecule has 37 heavy (non-hydrogen) atoms. The molecule has 0 aliphatic heterocycles. The molecule has 0 unspecified atom stereocenters. The van der Waals surface area contributed by atoms with E-state index in [9.17, 15) is 13.2 Å². The Morgan fingerprint density at radius 3 is 2.38 bits per heavy atom. The molecular weight excluding hydrogens is 562 g/mol. The number of halogens is 1. The van der Waals surface area contributed by atoms with Gasteiger partial charge in [-0.2, -0.15) is 4.98 Å². The molecule has 0 N–H and O–H groups in total. The Kier molecular flexibility index (Phi) is 7.29. The third-order valence-electron chi connectivity index (χ3n) is 5.19. The van der Waals surface area contributed by atoms with Gasteiger partial charge in [-0.15, -0.1) is 0 Å². The van der Waals surface area contributed by atoms with Crippen molar-refractivity contribution in [2.24, 2.45) is 0 Å². The van der Waals surface area contributed by atoms with Crippen molar-refractivity contribution in [1.29, 1.82) is 0 Å². The van der Waals surface area contributed by atoms with Gasteiger partial charge in [-0.1, -0.05) is 28.1 Å². The molecule has 4 aromatic rings. The van der Waals surface area contributed by atoms with E-state index < -0.39 is 21.5 Å². The van der Waals surface area contributed by atoms with Gasteiger partial charge >= 0.3 is 6.09 Å². The lowest BCUT2D eigenvalue weighted by atomic mass is 10.1. The number of methoxy groups -OCH3 is 1. The Balaban J connectivity index is 1.80. The first-order chi connectivity index (χ1) is 17.3. The molecule has 4 rings (SSSR count). The third kappa shape index (κ3) is 6.28. The number of hydrogen-bond donors (Lipinski definition) is 0. The second-order valence-electron chi connectivity index (χ2n) is 9.34. The average Bonchev–Trinajstić information content (AvgIpc) is 3.20. The molecule has 0 fully saturated rings. The lowest BCUT2D eigenvalue weighted by Crippen LogP contribution is -2.26. The zero-order chi connectivity index (χ0) is 27.0.